The topological polar surface area (TPSA) is 66.5 Å². The minimum atomic E-state index is -3.23. The van der Waals surface area contributed by atoms with Crippen molar-refractivity contribution >= 4 is 27.5 Å². The Bertz CT molecular complexity index is 618. The van der Waals surface area contributed by atoms with Gasteiger partial charge in [-0.05, 0) is 24.5 Å². The Morgan fingerprint density at radius 3 is 2.81 bits per heavy atom. The Labute approximate surface area is 130 Å². The summed E-state index contributed by atoms with van der Waals surface area (Å²) in [6.07, 6.45) is 2.59. The molecule has 0 aliphatic carbocycles. The summed E-state index contributed by atoms with van der Waals surface area (Å²) in [4.78, 5) is 12.2. The third-order valence-corrected chi connectivity index (χ3v) is 5.27. The first-order valence-electron chi connectivity index (χ1n) is 6.84. The Hall–Kier alpha value is -1.11. The number of halogens is 1. The molecule has 1 aliphatic heterocycles. The summed E-state index contributed by atoms with van der Waals surface area (Å²) in [6.45, 7) is 1.11. The molecule has 21 heavy (non-hydrogen) atoms. The van der Waals surface area contributed by atoms with Crippen LogP contribution in [0.15, 0.2) is 24.3 Å². The van der Waals surface area contributed by atoms with Gasteiger partial charge in [-0.2, -0.15) is 0 Å². The molecule has 1 fully saturated rings. The van der Waals surface area contributed by atoms with E-state index in [4.69, 9.17) is 11.6 Å². The molecule has 1 aromatic carbocycles. The van der Waals surface area contributed by atoms with Crippen molar-refractivity contribution in [1.29, 1.82) is 0 Å². The van der Waals surface area contributed by atoms with Crippen molar-refractivity contribution in [3.05, 3.63) is 34.9 Å². The fraction of sp³-hybridized carbons (Fsp3) is 0.500. The summed E-state index contributed by atoms with van der Waals surface area (Å²) < 4.78 is 24.5. The van der Waals surface area contributed by atoms with E-state index in [1.165, 1.54) is 10.6 Å². The lowest BCUT2D eigenvalue weighted by Gasteiger charge is -2.30. The van der Waals surface area contributed by atoms with Crippen molar-refractivity contribution in [2.24, 2.45) is 5.92 Å². The van der Waals surface area contributed by atoms with Gasteiger partial charge in [0.15, 0.2) is 0 Å². The Morgan fingerprint density at radius 1 is 1.43 bits per heavy atom. The van der Waals surface area contributed by atoms with Crippen LogP contribution in [0.4, 0.5) is 0 Å². The number of hydrogen-bond acceptors (Lipinski definition) is 3. The molecule has 5 nitrogen and oxygen atoms in total. The molecule has 0 unspecified atom stereocenters. The summed E-state index contributed by atoms with van der Waals surface area (Å²) in [6, 6.07) is 7.32. The lowest BCUT2D eigenvalue weighted by molar-refractivity contribution is -0.126. The SMILES string of the molecule is CS(=O)(=O)N1CCC[C@H](C(=O)NCc2ccccc2Cl)C1. The molecule has 0 saturated carbocycles. The predicted molar refractivity (Wildman–Crippen MR) is 82.4 cm³/mol. The van der Waals surface area contributed by atoms with Gasteiger partial charge in [-0.15, -0.1) is 0 Å². The molecule has 1 aliphatic rings. The van der Waals surface area contributed by atoms with Crippen LogP contribution in [0.25, 0.3) is 0 Å². The maximum Gasteiger partial charge on any atom is 0.224 e. The molecule has 7 heteroatoms. The fourth-order valence-electron chi connectivity index (χ4n) is 2.43. The molecular weight excluding hydrogens is 312 g/mol. The van der Waals surface area contributed by atoms with E-state index in [0.29, 0.717) is 31.0 Å². The third-order valence-electron chi connectivity index (χ3n) is 3.63. The van der Waals surface area contributed by atoms with Gasteiger partial charge in [-0.25, -0.2) is 12.7 Å². The van der Waals surface area contributed by atoms with Crippen molar-refractivity contribution < 1.29 is 13.2 Å². The Morgan fingerprint density at radius 2 is 2.14 bits per heavy atom. The first-order valence-corrected chi connectivity index (χ1v) is 9.07. The van der Waals surface area contributed by atoms with E-state index in [0.717, 1.165) is 5.56 Å². The van der Waals surface area contributed by atoms with Crippen LogP contribution < -0.4 is 5.32 Å². The predicted octanol–water partition coefficient (Wildman–Crippen LogP) is 1.63. The number of amides is 1. The van der Waals surface area contributed by atoms with Gasteiger partial charge >= 0.3 is 0 Å². The van der Waals surface area contributed by atoms with Crippen molar-refractivity contribution in [2.75, 3.05) is 19.3 Å². The zero-order chi connectivity index (χ0) is 15.5. The van der Waals surface area contributed by atoms with E-state index in [2.05, 4.69) is 5.32 Å². The van der Waals surface area contributed by atoms with Crippen LogP contribution in [0.1, 0.15) is 18.4 Å². The number of nitrogens with one attached hydrogen (secondary N) is 1. The van der Waals surface area contributed by atoms with Gasteiger partial charge < -0.3 is 5.32 Å². The second-order valence-electron chi connectivity index (χ2n) is 5.27. The van der Waals surface area contributed by atoms with E-state index in [1.54, 1.807) is 6.07 Å². The summed E-state index contributed by atoms with van der Waals surface area (Å²) in [5.74, 6) is -0.417. The third kappa shape index (κ3) is 4.43. The van der Waals surface area contributed by atoms with Crippen LogP contribution in [0.5, 0.6) is 0 Å². The van der Waals surface area contributed by atoms with Crippen LogP contribution in [0.2, 0.25) is 5.02 Å². The standard InChI is InChI=1S/C14H19ClN2O3S/c1-21(19,20)17-8-4-6-12(10-17)14(18)16-9-11-5-2-3-7-13(11)15/h2-3,5,7,12H,4,6,8-10H2,1H3,(H,16,18)/t12-/m0/s1. The molecule has 0 radical (unpaired) electrons. The lowest BCUT2D eigenvalue weighted by atomic mass is 9.99. The molecule has 1 amide bonds. The maximum absolute atomic E-state index is 12.2. The molecule has 0 spiro atoms. The quantitative estimate of drug-likeness (QED) is 0.912. The zero-order valence-corrected chi connectivity index (χ0v) is 13.5. The molecule has 1 atom stereocenters. The van der Waals surface area contributed by atoms with Gasteiger partial charge in [0.05, 0.1) is 12.2 Å². The molecule has 1 saturated heterocycles. The van der Waals surface area contributed by atoms with E-state index in [-0.39, 0.29) is 18.4 Å². The second-order valence-corrected chi connectivity index (χ2v) is 7.66. The average Bonchev–Trinajstić information content (AvgIpc) is 2.45. The number of hydrogen-bond donors (Lipinski definition) is 1. The van der Waals surface area contributed by atoms with Gasteiger partial charge in [0.1, 0.15) is 0 Å². The zero-order valence-electron chi connectivity index (χ0n) is 11.9. The van der Waals surface area contributed by atoms with Crippen molar-refractivity contribution in [2.45, 2.75) is 19.4 Å². The normalized spacial score (nSPS) is 20.2. The Kier molecular flexibility index (Phi) is 5.24. The van der Waals surface area contributed by atoms with Gasteiger partial charge in [0.2, 0.25) is 15.9 Å². The molecule has 2 rings (SSSR count). The smallest absolute Gasteiger partial charge is 0.224 e. The summed E-state index contributed by atoms with van der Waals surface area (Å²) in [7, 11) is -3.23. The van der Waals surface area contributed by atoms with E-state index in [1.807, 2.05) is 18.2 Å². The minimum Gasteiger partial charge on any atom is -0.352 e. The van der Waals surface area contributed by atoms with Crippen LogP contribution in [0.3, 0.4) is 0 Å². The van der Waals surface area contributed by atoms with Gasteiger partial charge in [-0.3, -0.25) is 4.79 Å². The highest BCUT2D eigenvalue weighted by atomic mass is 35.5. The summed E-state index contributed by atoms with van der Waals surface area (Å²) >= 11 is 6.04. The number of carbonyl (C=O) groups is 1. The molecule has 0 bridgehead atoms. The number of carbonyl (C=O) groups excluding carboxylic acids is 1. The monoisotopic (exact) mass is 330 g/mol. The number of benzene rings is 1. The van der Waals surface area contributed by atoms with E-state index >= 15 is 0 Å². The van der Waals surface area contributed by atoms with Gasteiger partial charge in [0.25, 0.3) is 0 Å². The van der Waals surface area contributed by atoms with E-state index in [9.17, 15) is 13.2 Å². The van der Waals surface area contributed by atoms with E-state index < -0.39 is 10.0 Å². The summed E-state index contributed by atoms with van der Waals surface area (Å²) in [5, 5.41) is 3.45. The van der Waals surface area contributed by atoms with Crippen LogP contribution in [-0.2, 0) is 21.4 Å². The first kappa shape index (κ1) is 16.3. The highest BCUT2D eigenvalue weighted by molar-refractivity contribution is 7.88. The van der Waals surface area contributed by atoms with Crippen molar-refractivity contribution in [3.8, 4) is 0 Å². The van der Waals surface area contributed by atoms with Gasteiger partial charge in [-0.1, -0.05) is 29.8 Å². The molecular formula is C14H19ClN2O3S. The number of piperidine rings is 1. The average molecular weight is 331 g/mol. The van der Waals surface area contributed by atoms with Crippen LogP contribution in [-0.4, -0.2) is 38.0 Å². The summed E-state index contributed by atoms with van der Waals surface area (Å²) in [5.41, 5.74) is 0.850. The van der Waals surface area contributed by atoms with Crippen LogP contribution >= 0.6 is 11.6 Å². The molecule has 1 N–H and O–H groups in total. The maximum atomic E-state index is 12.2. The van der Waals surface area contributed by atoms with Crippen molar-refractivity contribution in [1.82, 2.24) is 9.62 Å². The second kappa shape index (κ2) is 6.77. The largest absolute Gasteiger partial charge is 0.352 e. The minimum absolute atomic E-state index is 0.122. The number of rotatable bonds is 4. The molecule has 1 aromatic rings. The highest BCUT2D eigenvalue weighted by Gasteiger charge is 2.29. The van der Waals surface area contributed by atoms with Crippen LogP contribution in [0, 0.1) is 5.92 Å². The Balaban J connectivity index is 1.93. The number of nitrogens with zero attached hydrogens (tertiary/aromatic N) is 1. The highest BCUT2D eigenvalue weighted by Crippen LogP contribution is 2.19. The first-order chi connectivity index (χ1) is 9.88. The lowest BCUT2D eigenvalue weighted by Crippen LogP contribution is -2.44. The molecule has 116 valence electrons. The fourth-order valence-corrected chi connectivity index (χ4v) is 3.54. The molecule has 1 heterocycles. The van der Waals surface area contributed by atoms with Gasteiger partial charge in [0, 0.05) is 24.7 Å². The molecule has 0 aromatic heterocycles. The van der Waals surface area contributed by atoms with Crippen molar-refractivity contribution in [3.63, 3.8) is 0 Å². The number of sulfonamides is 1.